The standard InChI is InChI=1S/C21H18N2O5/c1-13-11-17(8-10-19(13)23(26)27)21(25)28-14(2)20(24)22-18-9-7-15-5-3-4-6-16(15)12-18/h3-12,14H,1-2H3,(H,22,24)/t14-/m0/s1. The van der Waals surface area contributed by atoms with Crippen molar-refractivity contribution in [3.8, 4) is 0 Å². The summed E-state index contributed by atoms with van der Waals surface area (Å²) >= 11 is 0. The van der Waals surface area contributed by atoms with Gasteiger partial charge in [0.05, 0.1) is 10.5 Å². The number of nitrogens with zero attached hydrogens (tertiary/aromatic N) is 1. The Morgan fingerprint density at radius 1 is 1.04 bits per heavy atom. The molecule has 3 aromatic rings. The van der Waals surface area contributed by atoms with E-state index in [0.717, 1.165) is 10.8 Å². The van der Waals surface area contributed by atoms with E-state index in [4.69, 9.17) is 4.74 Å². The Morgan fingerprint density at radius 2 is 1.75 bits per heavy atom. The SMILES string of the molecule is Cc1cc(C(=O)O[C@@H](C)C(=O)Nc2ccc3ccccc3c2)ccc1[N+](=O)[O-]. The fourth-order valence-electron chi connectivity index (χ4n) is 2.78. The molecule has 0 saturated heterocycles. The van der Waals surface area contributed by atoms with Crippen LogP contribution in [0.15, 0.2) is 60.7 Å². The fraction of sp³-hybridized carbons (Fsp3) is 0.143. The van der Waals surface area contributed by atoms with Crippen LogP contribution in [0.3, 0.4) is 0 Å². The van der Waals surface area contributed by atoms with Crippen molar-refractivity contribution >= 4 is 34.0 Å². The van der Waals surface area contributed by atoms with Gasteiger partial charge in [0.2, 0.25) is 0 Å². The lowest BCUT2D eigenvalue weighted by molar-refractivity contribution is -0.385. The summed E-state index contributed by atoms with van der Waals surface area (Å²) < 4.78 is 5.19. The van der Waals surface area contributed by atoms with Gasteiger partial charge in [0.25, 0.3) is 11.6 Å². The quantitative estimate of drug-likeness (QED) is 0.407. The molecular weight excluding hydrogens is 360 g/mol. The van der Waals surface area contributed by atoms with E-state index in [0.29, 0.717) is 11.3 Å². The number of ether oxygens (including phenoxy) is 1. The summed E-state index contributed by atoms with van der Waals surface area (Å²) in [6.07, 6.45) is -1.03. The van der Waals surface area contributed by atoms with Crippen LogP contribution in [0.2, 0.25) is 0 Å². The van der Waals surface area contributed by atoms with E-state index >= 15 is 0 Å². The zero-order valence-electron chi connectivity index (χ0n) is 15.3. The minimum atomic E-state index is -1.03. The topological polar surface area (TPSA) is 98.5 Å². The van der Waals surface area contributed by atoms with Crippen molar-refractivity contribution in [2.75, 3.05) is 5.32 Å². The highest BCUT2D eigenvalue weighted by atomic mass is 16.6. The summed E-state index contributed by atoms with van der Waals surface area (Å²) in [6.45, 7) is 3.00. The van der Waals surface area contributed by atoms with Gasteiger partial charge in [0, 0.05) is 17.3 Å². The number of fused-ring (bicyclic) bond motifs is 1. The largest absolute Gasteiger partial charge is 0.449 e. The first kappa shape index (κ1) is 19.0. The zero-order valence-corrected chi connectivity index (χ0v) is 15.3. The minimum absolute atomic E-state index is 0.0846. The molecule has 1 atom stereocenters. The molecule has 0 fully saturated rings. The van der Waals surface area contributed by atoms with Gasteiger partial charge in [-0.25, -0.2) is 4.79 Å². The molecule has 1 amide bonds. The summed E-state index contributed by atoms with van der Waals surface area (Å²) in [4.78, 5) is 34.9. The van der Waals surface area contributed by atoms with Crippen molar-refractivity contribution < 1.29 is 19.2 Å². The van der Waals surface area contributed by atoms with Crippen LogP contribution >= 0.6 is 0 Å². The Hall–Kier alpha value is -3.74. The molecule has 0 bridgehead atoms. The highest BCUT2D eigenvalue weighted by Gasteiger charge is 2.21. The van der Waals surface area contributed by atoms with Crippen molar-refractivity contribution in [3.05, 3.63) is 81.9 Å². The third-order valence-electron chi connectivity index (χ3n) is 4.30. The molecule has 0 aliphatic heterocycles. The van der Waals surface area contributed by atoms with Crippen LogP contribution in [0.5, 0.6) is 0 Å². The van der Waals surface area contributed by atoms with E-state index in [1.54, 1.807) is 6.07 Å². The van der Waals surface area contributed by atoms with E-state index in [2.05, 4.69) is 5.32 Å². The molecule has 28 heavy (non-hydrogen) atoms. The second kappa shape index (κ2) is 7.87. The maximum atomic E-state index is 12.3. The molecule has 0 aliphatic carbocycles. The number of carbonyl (C=O) groups excluding carboxylic acids is 2. The average molecular weight is 378 g/mol. The first-order chi connectivity index (χ1) is 13.3. The number of nitrogens with one attached hydrogen (secondary N) is 1. The Labute approximate surface area is 161 Å². The summed E-state index contributed by atoms with van der Waals surface area (Å²) in [5, 5.41) is 15.6. The highest BCUT2D eigenvalue weighted by Crippen LogP contribution is 2.21. The van der Waals surface area contributed by atoms with Crippen LogP contribution in [0.4, 0.5) is 11.4 Å². The van der Waals surface area contributed by atoms with Gasteiger partial charge in [-0.1, -0.05) is 30.3 Å². The molecular formula is C21H18N2O5. The Kier molecular flexibility index (Phi) is 5.35. The summed E-state index contributed by atoms with van der Waals surface area (Å²) in [5.74, 6) is -1.19. The Morgan fingerprint density at radius 3 is 2.43 bits per heavy atom. The number of esters is 1. The highest BCUT2D eigenvalue weighted by molar-refractivity contribution is 5.99. The van der Waals surface area contributed by atoms with Gasteiger partial charge in [-0.3, -0.25) is 14.9 Å². The van der Waals surface area contributed by atoms with E-state index in [1.165, 1.54) is 32.0 Å². The Balaban J connectivity index is 1.66. The third-order valence-corrected chi connectivity index (χ3v) is 4.30. The third kappa shape index (κ3) is 4.15. The molecule has 0 heterocycles. The molecule has 0 saturated carbocycles. The number of hydrogen-bond donors (Lipinski definition) is 1. The van der Waals surface area contributed by atoms with Crippen LogP contribution in [-0.2, 0) is 9.53 Å². The van der Waals surface area contributed by atoms with Crippen LogP contribution in [0, 0.1) is 17.0 Å². The van der Waals surface area contributed by atoms with Gasteiger partial charge in [-0.15, -0.1) is 0 Å². The van der Waals surface area contributed by atoms with E-state index in [9.17, 15) is 19.7 Å². The van der Waals surface area contributed by atoms with E-state index < -0.39 is 22.9 Å². The molecule has 3 rings (SSSR count). The van der Waals surface area contributed by atoms with E-state index in [-0.39, 0.29) is 11.3 Å². The molecule has 0 spiro atoms. The maximum Gasteiger partial charge on any atom is 0.338 e. The predicted molar refractivity (Wildman–Crippen MR) is 105 cm³/mol. The monoisotopic (exact) mass is 378 g/mol. The number of anilines is 1. The van der Waals surface area contributed by atoms with Crippen molar-refractivity contribution in [1.82, 2.24) is 0 Å². The van der Waals surface area contributed by atoms with Crippen LogP contribution in [0.25, 0.3) is 10.8 Å². The molecule has 0 aromatic heterocycles. The number of benzene rings is 3. The lowest BCUT2D eigenvalue weighted by Crippen LogP contribution is -2.30. The van der Waals surface area contributed by atoms with Crippen molar-refractivity contribution in [2.45, 2.75) is 20.0 Å². The van der Waals surface area contributed by atoms with Gasteiger partial charge in [-0.2, -0.15) is 0 Å². The van der Waals surface area contributed by atoms with Gasteiger partial charge >= 0.3 is 5.97 Å². The Bertz CT molecular complexity index is 1080. The molecule has 3 aromatic carbocycles. The molecule has 0 radical (unpaired) electrons. The number of amides is 1. The predicted octanol–water partition coefficient (Wildman–Crippen LogP) is 4.24. The molecule has 1 N–H and O–H groups in total. The molecule has 0 unspecified atom stereocenters. The first-order valence-electron chi connectivity index (χ1n) is 8.61. The van der Waals surface area contributed by atoms with Crippen LogP contribution in [0.1, 0.15) is 22.8 Å². The van der Waals surface area contributed by atoms with Crippen LogP contribution in [-0.4, -0.2) is 22.9 Å². The van der Waals surface area contributed by atoms with Gasteiger partial charge in [-0.05, 0) is 48.9 Å². The average Bonchev–Trinajstić information content (AvgIpc) is 2.67. The number of hydrogen-bond acceptors (Lipinski definition) is 5. The summed E-state index contributed by atoms with van der Waals surface area (Å²) in [7, 11) is 0. The normalized spacial score (nSPS) is 11.6. The smallest absolute Gasteiger partial charge is 0.338 e. The summed E-state index contributed by atoms with van der Waals surface area (Å²) in [6, 6.07) is 17.2. The number of nitro benzene ring substituents is 1. The lowest BCUT2D eigenvalue weighted by Gasteiger charge is -2.14. The molecule has 0 aliphatic rings. The number of carbonyl (C=O) groups is 2. The maximum absolute atomic E-state index is 12.3. The first-order valence-corrected chi connectivity index (χ1v) is 8.61. The molecule has 142 valence electrons. The second-order valence-electron chi connectivity index (χ2n) is 6.36. The minimum Gasteiger partial charge on any atom is -0.449 e. The fourth-order valence-corrected chi connectivity index (χ4v) is 2.78. The van der Waals surface area contributed by atoms with E-state index in [1.807, 2.05) is 36.4 Å². The number of rotatable bonds is 5. The number of nitro groups is 1. The number of aryl methyl sites for hydroxylation is 1. The molecule has 7 heteroatoms. The van der Waals surface area contributed by atoms with Crippen molar-refractivity contribution in [2.24, 2.45) is 0 Å². The van der Waals surface area contributed by atoms with Gasteiger partial charge in [0.1, 0.15) is 0 Å². The van der Waals surface area contributed by atoms with Crippen molar-refractivity contribution in [3.63, 3.8) is 0 Å². The second-order valence-corrected chi connectivity index (χ2v) is 6.36. The van der Waals surface area contributed by atoms with Crippen LogP contribution < -0.4 is 5.32 Å². The lowest BCUT2D eigenvalue weighted by atomic mass is 10.1. The van der Waals surface area contributed by atoms with Crippen molar-refractivity contribution in [1.29, 1.82) is 0 Å². The van der Waals surface area contributed by atoms with Gasteiger partial charge in [0.15, 0.2) is 6.10 Å². The summed E-state index contributed by atoms with van der Waals surface area (Å²) in [5.41, 5.74) is 0.998. The molecule has 7 nitrogen and oxygen atoms in total. The van der Waals surface area contributed by atoms with Gasteiger partial charge < -0.3 is 10.1 Å². The zero-order chi connectivity index (χ0) is 20.3.